The van der Waals surface area contributed by atoms with Crippen LogP contribution in [0.5, 0.6) is 5.75 Å². The van der Waals surface area contributed by atoms with Crippen LogP contribution in [0.1, 0.15) is 40.2 Å². The number of aryl methyl sites for hydroxylation is 2. The summed E-state index contributed by atoms with van der Waals surface area (Å²) in [5.41, 5.74) is 12.9. The van der Waals surface area contributed by atoms with E-state index in [2.05, 4.69) is 30.3 Å². The number of nitrogens with zero attached hydrogens (tertiary/aromatic N) is 1. The Balaban J connectivity index is 1.55. The highest BCUT2D eigenvalue weighted by Crippen LogP contribution is 2.37. The van der Waals surface area contributed by atoms with Crippen molar-refractivity contribution in [2.75, 3.05) is 11.4 Å². The average molecular weight is 415 g/mol. The fraction of sp³-hybridized carbons (Fsp3) is 0.296. The molecule has 0 saturated heterocycles. The molecule has 3 N–H and O–H groups in total. The van der Waals surface area contributed by atoms with Gasteiger partial charge in [0.1, 0.15) is 5.75 Å². The zero-order chi connectivity index (χ0) is 22.0. The van der Waals surface area contributed by atoms with Crippen molar-refractivity contribution in [2.45, 2.75) is 45.1 Å². The molecule has 1 unspecified atom stereocenters. The second-order valence-corrected chi connectivity index (χ2v) is 8.59. The second kappa shape index (κ2) is 8.94. The molecule has 160 valence electrons. The third-order valence-corrected chi connectivity index (χ3v) is 6.38. The molecule has 31 heavy (non-hydrogen) atoms. The molecule has 1 heterocycles. The first-order valence-electron chi connectivity index (χ1n) is 10.9. The molecule has 0 radical (unpaired) electrons. The van der Waals surface area contributed by atoms with E-state index in [-0.39, 0.29) is 11.7 Å². The zero-order valence-electron chi connectivity index (χ0n) is 18.2. The summed E-state index contributed by atoms with van der Waals surface area (Å²) in [6, 6.07) is 21.6. The molecular weight excluding hydrogens is 384 g/mol. The SMILES string of the molecule is Cc1cc(O)cc(C)c1C[C@H](N)C(=O)N1CCC(Cc2ccccc2)c2ccccc21. The Morgan fingerprint density at radius 1 is 1.06 bits per heavy atom. The van der Waals surface area contributed by atoms with Crippen LogP contribution in [-0.4, -0.2) is 23.6 Å². The maximum Gasteiger partial charge on any atom is 0.244 e. The van der Waals surface area contributed by atoms with Crippen molar-refractivity contribution in [1.29, 1.82) is 0 Å². The summed E-state index contributed by atoms with van der Waals surface area (Å²) in [4.78, 5) is 15.2. The van der Waals surface area contributed by atoms with Crippen molar-refractivity contribution in [1.82, 2.24) is 0 Å². The van der Waals surface area contributed by atoms with Crippen molar-refractivity contribution in [2.24, 2.45) is 5.73 Å². The van der Waals surface area contributed by atoms with Crippen LogP contribution in [0.15, 0.2) is 66.7 Å². The number of anilines is 1. The van der Waals surface area contributed by atoms with Crippen LogP contribution in [0.25, 0.3) is 0 Å². The predicted octanol–water partition coefficient (Wildman–Crippen LogP) is 4.64. The van der Waals surface area contributed by atoms with Gasteiger partial charge in [0, 0.05) is 12.2 Å². The van der Waals surface area contributed by atoms with Gasteiger partial charge in [-0.1, -0.05) is 48.5 Å². The number of para-hydroxylation sites is 1. The summed E-state index contributed by atoms with van der Waals surface area (Å²) < 4.78 is 0. The van der Waals surface area contributed by atoms with Gasteiger partial charge in [-0.3, -0.25) is 4.79 Å². The number of hydrogen-bond donors (Lipinski definition) is 2. The minimum Gasteiger partial charge on any atom is -0.508 e. The van der Waals surface area contributed by atoms with Gasteiger partial charge in [0.2, 0.25) is 5.91 Å². The van der Waals surface area contributed by atoms with E-state index in [9.17, 15) is 9.90 Å². The van der Waals surface area contributed by atoms with Gasteiger partial charge in [0.15, 0.2) is 0 Å². The molecule has 1 amide bonds. The van der Waals surface area contributed by atoms with Crippen LogP contribution in [0.2, 0.25) is 0 Å². The Labute approximate surface area is 184 Å². The number of nitrogens with two attached hydrogens (primary N) is 1. The molecule has 0 aliphatic carbocycles. The van der Waals surface area contributed by atoms with Crippen molar-refractivity contribution in [3.8, 4) is 5.75 Å². The number of fused-ring (bicyclic) bond motifs is 1. The number of amides is 1. The molecule has 0 spiro atoms. The van der Waals surface area contributed by atoms with Crippen LogP contribution >= 0.6 is 0 Å². The Kier molecular flexibility index (Phi) is 6.10. The van der Waals surface area contributed by atoms with Crippen molar-refractivity contribution < 1.29 is 9.90 Å². The largest absolute Gasteiger partial charge is 0.508 e. The molecule has 0 fully saturated rings. The smallest absolute Gasteiger partial charge is 0.244 e. The van der Waals surface area contributed by atoms with E-state index in [4.69, 9.17) is 5.73 Å². The molecule has 0 saturated carbocycles. The number of benzene rings is 3. The Morgan fingerprint density at radius 2 is 1.71 bits per heavy atom. The molecule has 4 rings (SSSR count). The van der Waals surface area contributed by atoms with Crippen LogP contribution < -0.4 is 10.6 Å². The van der Waals surface area contributed by atoms with Crippen LogP contribution in [0, 0.1) is 13.8 Å². The van der Waals surface area contributed by atoms with Crippen molar-refractivity contribution in [3.05, 3.63) is 94.5 Å². The number of hydrogen-bond acceptors (Lipinski definition) is 3. The molecule has 0 bridgehead atoms. The second-order valence-electron chi connectivity index (χ2n) is 8.59. The standard InChI is InChI=1S/C27H30N2O2/c1-18-14-22(30)15-19(2)24(18)17-25(28)27(31)29-13-12-21(16-20-8-4-3-5-9-20)23-10-6-7-11-26(23)29/h3-11,14-15,21,25,30H,12-13,16-17,28H2,1-2H3/t21?,25-/m0/s1. The molecule has 4 nitrogen and oxygen atoms in total. The first-order chi connectivity index (χ1) is 14.9. The zero-order valence-corrected chi connectivity index (χ0v) is 18.2. The van der Waals surface area contributed by atoms with Gasteiger partial charge in [0.05, 0.1) is 6.04 Å². The first kappa shape index (κ1) is 21.1. The van der Waals surface area contributed by atoms with Crippen LogP contribution in [-0.2, 0) is 17.6 Å². The van der Waals surface area contributed by atoms with Gasteiger partial charge >= 0.3 is 0 Å². The maximum atomic E-state index is 13.4. The highest BCUT2D eigenvalue weighted by Gasteiger charge is 2.31. The molecule has 3 aromatic carbocycles. The third kappa shape index (κ3) is 4.49. The Hall–Kier alpha value is -3.11. The lowest BCUT2D eigenvalue weighted by molar-refractivity contribution is -0.119. The normalized spacial score (nSPS) is 16.6. The molecule has 2 atom stereocenters. The molecular formula is C27H30N2O2. The monoisotopic (exact) mass is 414 g/mol. The van der Waals surface area contributed by atoms with E-state index in [1.165, 1.54) is 11.1 Å². The molecule has 3 aromatic rings. The van der Waals surface area contributed by atoms with E-state index < -0.39 is 6.04 Å². The van der Waals surface area contributed by atoms with E-state index in [1.54, 1.807) is 12.1 Å². The van der Waals surface area contributed by atoms with Crippen molar-refractivity contribution >= 4 is 11.6 Å². The number of carbonyl (C=O) groups excluding carboxylic acids is 1. The molecule has 1 aliphatic rings. The maximum absolute atomic E-state index is 13.4. The highest BCUT2D eigenvalue weighted by atomic mass is 16.3. The molecule has 4 heteroatoms. The van der Waals surface area contributed by atoms with E-state index in [0.29, 0.717) is 18.9 Å². The van der Waals surface area contributed by atoms with Gasteiger partial charge in [-0.05, 0) is 85.0 Å². The Morgan fingerprint density at radius 3 is 2.42 bits per heavy atom. The van der Waals surface area contributed by atoms with E-state index in [0.717, 1.165) is 35.2 Å². The molecule has 0 aromatic heterocycles. The number of aromatic hydroxyl groups is 1. The third-order valence-electron chi connectivity index (χ3n) is 6.38. The van der Waals surface area contributed by atoms with Gasteiger partial charge in [-0.15, -0.1) is 0 Å². The lowest BCUT2D eigenvalue weighted by atomic mass is 9.84. The number of phenolic OH excluding ortho intramolecular Hbond substituents is 1. The predicted molar refractivity (Wildman–Crippen MR) is 126 cm³/mol. The van der Waals surface area contributed by atoms with E-state index in [1.807, 2.05) is 43.0 Å². The topological polar surface area (TPSA) is 66.6 Å². The Bertz CT molecular complexity index is 1050. The lowest BCUT2D eigenvalue weighted by Gasteiger charge is -2.36. The van der Waals surface area contributed by atoms with Gasteiger partial charge < -0.3 is 15.7 Å². The summed E-state index contributed by atoms with van der Waals surface area (Å²) in [6.45, 7) is 4.57. The van der Waals surface area contributed by atoms with Crippen LogP contribution in [0.3, 0.4) is 0 Å². The first-order valence-corrected chi connectivity index (χ1v) is 10.9. The molecule has 1 aliphatic heterocycles. The van der Waals surface area contributed by atoms with E-state index >= 15 is 0 Å². The van der Waals surface area contributed by atoms with Gasteiger partial charge in [0.25, 0.3) is 0 Å². The van der Waals surface area contributed by atoms with Crippen molar-refractivity contribution in [3.63, 3.8) is 0 Å². The quantitative estimate of drug-likeness (QED) is 0.639. The minimum absolute atomic E-state index is 0.0440. The summed E-state index contributed by atoms with van der Waals surface area (Å²) in [5, 5.41) is 9.80. The summed E-state index contributed by atoms with van der Waals surface area (Å²) >= 11 is 0. The number of rotatable bonds is 5. The van der Waals surface area contributed by atoms with Crippen LogP contribution in [0.4, 0.5) is 5.69 Å². The van der Waals surface area contributed by atoms with Gasteiger partial charge in [-0.25, -0.2) is 0 Å². The lowest BCUT2D eigenvalue weighted by Crippen LogP contribution is -2.47. The number of carbonyl (C=O) groups is 1. The highest BCUT2D eigenvalue weighted by molar-refractivity contribution is 5.98. The minimum atomic E-state index is -0.624. The average Bonchev–Trinajstić information content (AvgIpc) is 2.76. The fourth-order valence-corrected chi connectivity index (χ4v) is 4.78. The number of phenols is 1. The van der Waals surface area contributed by atoms with Gasteiger partial charge in [-0.2, -0.15) is 0 Å². The summed E-state index contributed by atoms with van der Waals surface area (Å²) in [6.07, 6.45) is 2.35. The fourth-order valence-electron chi connectivity index (χ4n) is 4.78. The summed E-state index contributed by atoms with van der Waals surface area (Å²) in [5.74, 6) is 0.589. The summed E-state index contributed by atoms with van der Waals surface area (Å²) in [7, 11) is 0.